The van der Waals surface area contributed by atoms with Gasteiger partial charge >= 0.3 is 0 Å². The van der Waals surface area contributed by atoms with Gasteiger partial charge in [-0.25, -0.2) is 4.39 Å². The summed E-state index contributed by atoms with van der Waals surface area (Å²) in [6, 6.07) is 5.84. The molecule has 1 aliphatic rings. The number of amides is 1. The first kappa shape index (κ1) is 18.6. The summed E-state index contributed by atoms with van der Waals surface area (Å²) in [6.07, 6.45) is 7.07. The summed E-state index contributed by atoms with van der Waals surface area (Å²) in [4.78, 5) is 14.3. The molecule has 1 aliphatic heterocycles. The lowest BCUT2D eigenvalue weighted by molar-refractivity contribution is -0.121. The van der Waals surface area contributed by atoms with Crippen molar-refractivity contribution in [3.8, 4) is 0 Å². The van der Waals surface area contributed by atoms with Crippen molar-refractivity contribution >= 4 is 40.9 Å². The number of aliphatic imine (C=N–C) groups is 1. The number of benzene rings is 1. The molecule has 1 heterocycles. The Bertz CT molecular complexity index is 657. The third-order valence-corrected chi connectivity index (χ3v) is 3.91. The van der Waals surface area contributed by atoms with Gasteiger partial charge in [0.05, 0.1) is 6.04 Å². The number of halogens is 3. The zero-order valence-corrected chi connectivity index (χ0v) is 14.2. The average Bonchev–Trinajstić information content (AvgIpc) is 2.88. The number of nitrogens with zero attached hydrogens (tertiary/aromatic N) is 1. The van der Waals surface area contributed by atoms with E-state index in [0.717, 1.165) is 17.6 Å². The maximum absolute atomic E-state index is 13.1. The summed E-state index contributed by atoms with van der Waals surface area (Å²) < 4.78 is 13.1. The van der Waals surface area contributed by atoms with Crippen molar-refractivity contribution in [1.82, 2.24) is 5.32 Å². The molecule has 1 aromatic rings. The highest BCUT2D eigenvalue weighted by Gasteiger charge is 2.25. The molecule has 24 heavy (non-hydrogen) atoms. The van der Waals surface area contributed by atoms with Gasteiger partial charge < -0.3 is 10.4 Å². The van der Waals surface area contributed by atoms with Crippen molar-refractivity contribution in [2.24, 2.45) is 4.99 Å². The lowest BCUT2D eigenvalue weighted by atomic mass is 9.99. The molecule has 1 aromatic carbocycles. The fourth-order valence-electron chi connectivity index (χ4n) is 2.22. The van der Waals surface area contributed by atoms with E-state index in [1.807, 2.05) is 12.2 Å². The Labute approximate surface area is 149 Å². The molecule has 1 amide bonds. The fourth-order valence-corrected chi connectivity index (χ4v) is 2.34. The lowest BCUT2D eigenvalue weighted by Crippen LogP contribution is -2.43. The molecule has 0 spiro atoms. The highest BCUT2D eigenvalue weighted by molar-refractivity contribution is 6.53. The molecule has 2 atom stereocenters. The zero-order chi connectivity index (χ0) is 17.5. The molecule has 0 saturated heterocycles. The molecule has 2 rings (SSSR count). The Kier molecular flexibility index (Phi) is 6.97. The highest BCUT2D eigenvalue weighted by Crippen LogP contribution is 2.23. The maximum atomic E-state index is 13.1. The normalized spacial score (nSPS) is 16.5. The Balaban J connectivity index is 2.12. The van der Waals surface area contributed by atoms with Gasteiger partial charge in [0.1, 0.15) is 12.8 Å². The summed E-state index contributed by atoms with van der Waals surface area (Å²) in [5.41, 5.74) is 2.33. The molecule has 0 fully saturated rings. The number of hydrogen-bond donors (Lipinski definition) is 2. The van der Waals surface area contributed by atoms with Gasteiger partial charge in [0.25, 0.3) is 5.91 Å². The first-order valence-corrected chi connectivity index (χ1v) is 8.21. The second-order valence-corrected chi connectivity index (χ2v) is 6.29. The molecule has 0 aliphatic carbocycles. The SMILES string of the molecule is O=C(NC(CF)C(O)c1ccc(C2=CN=CCC=C2)cc1)C(Cl)Cl. The first-order chi connectivity index (χ1) is 11.5. The lowest BCUT2D eigenvalue weighted by Gasteiger charge is -2.22. The van der Waals surface area contributed by atoms with Crippen molar-refractivity contribution in [3.63, 3.8) is 0 Å². The van der Waals surface area contributed by atoms with Gasteiger partial charge in [-0.3, -0.25) is 9.79 Å². The van der Waals surface area contributed by atoms with Crippen molar-refractivity contribution in [1.29, 1.82) is 0 Å². The van der Waals surface area contributed by atoms with E-state index in [9.17, 15) is 14.3 Å². The minimum atomic E-state index is -1.32. The topological polar surface area (TPSA) is 61.7 Å². The summed E-state index contributed by atoms with van der Waals surface area (Å²) in [5.74, 6) is -0.747. The summed E-state index contributed by atoms with van der Waals surface area (Å²) in [5, 5.41) is 12.5. The predicted octanol–water partition coefficient (Wildman–Crippen LogP) is 3.35. The van der Waals surface area contributed by atoms with E-state index in [1.54, 1.807) is 36.7 Å². The zero-order valence-electron chi connectivity index (χ0n) is 12.7. The van der Waals surface area contributed by atoms with Gasteiger partial charge in [-0.2, -0.15) is 0 Å². The number of aliphatic hydroxyl groups excluding tert-OH is 1. The van der Waals surface area contributed by atoms with Gasteiger partial charge in [-0.05, 0) is 16.7 Å². The molecule has 0 aromatic heterocycles. The molecule has 0 saturated carbocycles. The third-order valence-electron chi connectivity index (χ3n) is 3.52. The van der Waals surface area contributed by atoms with Gasteiger partial charge in [0, 0.05) is 18.8 Å². The van der Waals surface area contributed by atoms with E-state index in [1.165, 1.54) is 0 Å². The monoisotopic (exact) mass is 370 g/mol. The standard InChI is InChI=1S/C17H17Cl2FN2O2/c18-16(19)17(24)22-14(9-20)15(23)12-6-4-11(5-7-12)13-3-1-2-8-21-10-13/h1,3-8,10,14-16,23H,2,9H2,(H,22,24). The number of hydrogen-bond acceptors (Lipinski definition) is 3. The van der Waals surface area contributed by atoms with Gasteiger partial charge in [-0.1, -0.05) is 59.6 Å². The molecule has 2 N–H and O–H groups in total. The van der Waals surface area contributed by atoms with Crippen molar-refractivity contribution in [3.05, 3.63) is 53.7 Å². The van der Waals surface area contributed by atoms with Crippen molar-refractivity contribution in [2.45, 2.75) is 23.4 Å². The molecule has 128 valence electrons. The van der Waals surface area contributed by atoms with Crippen LogP contribution in [0.15, 0.2) is 47.6 Å². The van der Waals surface area contributed by atoms with Gasteiger partial charge in [-0.15, -0.1) is 0 Å². The summed E-state index contributed by atoms with van der Waals surface area (Å²) in [7, 11) is 0. The molecule has 0 radical (unpaired) electrons. The predicted molar refractivity (Wildman–Crippen MR) is 95.0 cm³/mol. The minimum Gasteiger partial charge on any atom is -0.386 e. The number of rotatable bonds is 6. The molecule has 7 heteroatoms. The van der Waals surface area contributed by atoms with Crippen LogP contribution in [-0.4, -0.2) is 34.8 Å². The Hall–Kier alpha value is -1.69. The van der Waals surface area contributed by atoms with E-state index in [2.05, 4.69) is 10.3 Å². The first-order valence-electron chi connectivity index (χ1n) is 7.34. The van der Waals surface area contributed by atoms with Crippen molar-refractivity contribution in [2.75, 3.05) is 6.67 Å². The number of aliphatic hydroxyl groups is 1. The van der Waals surface area contributed by atoms with Crippen LogP contribution in [0.1, 0.15) is 23.7 Å². The molecule has 0 bridgehead atoms. The van der Waals surface area contributed by atoms with E-state index in [4.69, 9.17) is 23.2 Å². The minimum absolute atomic E-state index is 0.476. The Morgan fingerprint density at radius 2 is 2.04 bits per heavy atom. The summed E-state index contributed by atoms with van der Waals surface area (Å²) >= 11 is 10.9. The molecule has 2 unspecified atom stereocenters. The van der Waals surface area contributed by atoms with Crippen LogP contribution in [0.5, 0.6) is 0 Å². The van der Waals surface area contributed by atoms with Crippen LogP contribution in [0.2, 0.25) is 0 Å². The van der Waals surface area contributed by atoms with E-state index < -0.39 is 29.6 Å². The van der Waals surface area contributed by atoms with E-state index >= 15 is 0 Å². The van der Waals surface area contributed by atoms with Crippen LogP contribution < -0.4 is 5.32 Å². The number of carbonyl (C=O) groups is 1. The molecular formula is C17H17Cl2FN2O2. The van der Waals surface area contributed by atoms with Gasteiger partial charge in [0.2, 0.25) is 0 Å². The summed E-state index contributed by atoms with van der Waals surface area (Å²) in [6.45, 7) is -0.947. The number of carbonyl (C=O) groups excluding carboxylic acids is 1. The number of allylic oxidation sites excluding steroid dienone is 3. The number of alkyl halides is 3. The van der Waals surface area contributed by atoms with Crippen LogP contribution in [0.3, 0.4) is 0 Å². The quantitative estimate of drug-likeness (QED) is 0.754. The Morgan fingerprint density at radius 3 is 2.67 bits per heavy atom. The average molecular weight is 371 g/mol. The van der Waals surface area contributed by atoms with Crippen LogP contribution >= 0.6 is 23.2 Å². The highest BCUT2D eigenvalue weighted by atomic mass is 35.5. The fraction of sp³-hybridized carbons (Fsp3) is 0.294. The van der Waals surface area contributed by atoms with E-state index in [0.29, 0.717) is 5.56 Å². The third kappa shape index (κ3) is 4.90. The molecular weight excluding hydrogens is 354 g/mol. The molecule has 4 nitrogen and oxygen atoms in total. The van der Waals surface area contributed by atoms with Gasteiger partial charge in [0.15, 0.2) is 4.84 Å². The van der Waals surface area contributed by atoms with Crippen molar-refractivity contribution < 1.29 is 14.3 Å². The largest absolute Gasteiger partial charge is 0.386 e. The van der Waals surface area contributed by atoms with E-state index in [-0.39, 0.29) is 0 Å². The van der Waals surface area contributed by atoms with Crippen LogP contribution in [0, 0.1) is 0 Å². The Morgan fingerprint density at radius 1 is 1.33 bits per heavy atom. The van der Waals surface area contributed by atoms with Crippen LogP contribution in [0.4, 0.5) is 4.39 Å². The number of nitrogens with one attached hydrogen (secondary N) is 1. The second kappa shape index (κ2) is 8.97. The second-order valence-electron chi connectivity index (χ2n) is 5.19. The van der Waals surface area contributed by atoms with Crippen LogP contribution in [-0.2, 0) is 4.79 Å². The smallest absolute Gasteiger partial charge is 0.253 e. The maximum Gasteiger partial charge on any atom is 0.253 e. The van der Waals surface area contributed by atoms with Crippen LogP contribution in [0.25, 0.3) is 5.57 Å².